The maximum atomic E-state index is 12.8. The molecule has 7 heteroatoms. The Bertz CT molecular complexity index is 921. The van der Waals surface area contributed by atoms with Gasteiger partial charge in [-0.05, 0) is 54.7 Å². The van der Waals surface area contributed by atoms with Gasteiger partial charge in [-0.15, -0.1) is 0 Å². The number of rotatable bonds is 6. The molecule has 0 bridgehead atoms. The van der Waals surface area contributed by atoms with Gasteiger partial charge in [-0.2, -0.15) is 0 Å². The summed E-state index contributed by atoms with van der Waals surface area (Å²) in [5, 5.41) is 3.23. The lowest BCUT2D eigenvalue weighted by Gasteiger charge is -2.20. The van der Waals surface area contributed by atoms with E-state index in [9.17, 15) is 13.2 Å². The van der Waals surface area contributed by atoms with Gasteiger partial charge in [-0.25, -0.2) is 8.42 Å². The lowest BCUT2D eigenvalue weighted by atomic mass is 10.0. The van der Waals surface area contributed by atoms with E-state index in [1.807, 2.05) is 24.3 Å². The first kappa shape index (κ1) is 18.7. The van der Waals surface area contributed by atoms with Gasteiger partial charge in [0.2, 0.25) is 0 Å². The minimum Gasteiger partial charge on any atom is -0.497 e. The molecule has 138 valence electrons. The van der Waals surface area contributed by atoms with Crippen LogP contribution in [0.25, 0.3) is 0 Å². The van der Waals surface area contributed by atoms with Crippen molar-refractivity contribution in [3.8, 4) is 5.75 Å². The lowest BCUT2D eigenvalue weighted by Crippen LogP contribution is -2.30. The van der Waals surface area contributed by atoms with Crippen LogP contribution >= 0.6 is 11.6 Å². The quantitative estimate of drug-likeness (QED) is 0.813. The first-order valence-corrected chi connectivity index (χ1v) is 10.5. The van der Waals surface area contributed by atoms with E-state index in [0.29, 0.717) is 5.92 Å². The molecule has 1 aliphatic rings. The number of methoxy groups -OCH3 is 1. The highest BCUT2D eigenvalue weighted by molar-refractivity contribution is 7.90. The molecule has 0 aliphatic heterocycles. The summed E-state index contributed by atoms with van der Waals surface area (Å²) >= 11 is 6.13. The number of ether oxygens (including phenoxy) is 1. The van der Waals surface area contributed by atoms with Crippen molar-refractivity contribution >= 4 is 27.3 Å². The standard InChI is InChI=1S/C19H20ClNO4S/c1-25-14-7-5-13(6-8-14)18(12-3-4-12)21-19(22)16-11-15(26(2,23)24)9-10-17(16)20/h5-12,18H,3-4H2,1-2H3,(H,21,22). The van der Waals surface area contributed by atoms with Crippen LogP contribution in [-0.2, 0) is 9.84 Å². The molecule has 1 atom stereocenters. The normalized spacial score (nSPS) is 15.3. The monoisotopic (exact) mass is 393 g/mol. The number of amides is 1. The van der Waals surface area contributed by atoms with Crippen LogP contribution in [-0.4, -0.2) is 27.7 Å². The lowest BCUT2D eigenvalue weighted by molar-refractivity contribution is 0.0931. The van der Waals surface area contributed by atoms with Crippen LogP contribution in [0.15, 0.2) is 47.4 Å². The number of carbonyl (C=O) groups is 1. The summed E-state index contributed by atoms with van der Waals surface area (Å²) in [6, 6.07) is 11.6. The minimum atomic E-state index is -3.42. The molecule has 0 aromatic heterocycles. The fourth-order valence-corrected chi connectivity index (χ4v) is 3.69. The van der Waals surface area contributed by atoms with E-state index in [1.54, 1.807) is 7.11 Å². The molecule has 1 fully saturated rings. The van der Waals surface area contributed by atoms with Gasteiger partial charge in [0.15, 0.2) is 9.84 Å². The average molecular weight is 394 g/mol. The van der Waals surface area contributed by atoms with E-state index in [-0.39, 0.29) is 27.4 Å². The van der Waals surface area contributed by atoms with Crippen LogP contribution in [0.2, 0.25) is 5.02 Å². The summed E-state index contributed by atoms with van der Waals surface area (Å²) in [6.45, 7) is 0. The molecule has 1 saturated carbocycles. The maximum Gasteiger partial charge on any atom is 0.253 e. The second-order valence-electron chi connectivity index (χ2n) is 6.48. The Hall–Kier alpha value is -2.05. The molecule has 1 amide bonds. The summed E-state index contributed by atoms with van der Waals surface area (Å²) in [5.74, 6) is 0.732. The summed E-state index contributed by atoms with van der Waals surface area (Å²) in [5.41, 5.74) is 1.14. The number of hydrogen-bond acceptors (Lipinski definition) is 4. The van der Waals surface area contributed by atoms with Gasteiger partial charge in [0.25, 0.3) is 5.91 Å². The fraction of sp³-hybridized carbons (Fsp3) is 0.316. The van der Waals surface area contributed by atoms with Crippen LogP contribution in [0.3, 0.4) is 0 Å². The first-order chi connectivity index (χ1) is 12.3. The Morgan fingerprint density at radius 3 is 2.38 bits per heavy atom. The van der Waals surface area contributed by atoms with Crippen LogP contribution in [0.1, 0.15) is 34.8 Å². The molecule has 0 radical (unpaired) electrons. The molecule has 0 spiro atoms. The predicted molar refractivity (Wildman–Crippen MR) is 100 cm³/mol. The zero-order chi connectivity index (χ0) is 18.9. The molecule has 2 aromatic carbocycles. The van der Waals surface area contributed by atoms with Gasteiger partial charge in [0.05, 0.1) is 28.6 Å². The Morgan fingerprint density at radius 1 is 1.19 bits per heavy atom. The van der Waals surface area contributed by atoms with Crippen molar-refractivity contribution in [2.75, 3.05) is 13.4 Å². The number of sulfone groups is 1. The summed E-state index contributed by atoms with van der Waals surface area (Å²) in [7, 11) is -1.82. The molecule has 3 rings (SSSR count). The average Bonchev–Trinajstić information content (AvgIpc) is 3.44. The van der Waals surface area contributed by atoms with E-state index in [2.05, 4.69) is 5.32 Å². The number of nitrogens with one attached hydrogen (secondary N) is 1. The molecule has 26 heavy (non-hydrogen) atoms. The van der Waals surface area contributed by atoms with E-state index in [4.69, 9.17) is 16.3 Å². The Labute approximate surface area is 158 Å². The van der Waals surface area contributed by atoms with Crippen molar-refractivity contribution in [1.29, 1.82) is 0 Å². The van der Waals surface area contributed by atoms with E-state index in [1.165, 1.54) is 18.2 Å². The maximum absolute atomic E-state index is 12.8. The predicted octanol–water partition coefficient (Wildman–Crippen LogP) is 3.63. The van der Waals surface area contributed by atoms with Crippen LogP contribution in [0.4, 0.5) is 0 Å². The zero-order valence-electron chi connectivity index (χ0n) is 14.5. The van der Waals surface area contributed by atoms with Gasteiger partial charge in [-0.3, -0.25) is 4.79 Å². The van der Waals surface area contributed by atoms with Crippen molar-refractivity contribution in [3.05, 3.63) is 58.6 Å². The summed E-state index contributed by atoms with van der Waals surface area (Å²) in [4.78, 5) is 12.8. The van der Waals surface area contributed by atoms with Crippen molar-refractivity contribution in [1.82, 2.24) is 5.32 Å². The van der Waals surface area contributed by atoms with Crippen molar-refractivity contribution < 1.29 is 17.9 Å². The van der Waals surface area contributed by atoms with Crippen LogP contribution in [0, 0.1) is 5.92 Å². The van der Waals surface area contributed by atoms with Crippen molar-refractivity contribution in [3.63, 3.8) is 0 Å². The zero-order valence-corrected chi connectivity index (χ0v) is 16.1. The van der Waals surface area contributed by atoms with Crippen LogP contribution < -0.4 is 10.1 Å². The fourth-order valence-electron chi connectivity index (χ4n) is 2.84. The highest BCUT2D eigenvalue weighted by Gasteiger charge is 2.34. The third-order valence-corrected chi connectivity index (χ3v) is 5.91. The van der Waals surface area contributed by atoms with Gasteiger partial charge >= 0.3 is 0 Å². The summed E-state index contributed by atoms with van der Waals surface area (Å²) < 4.78 is 28.7. The number of carbonyl (C=O) groups excluding carboxylic acids is 1. The molecule has 2 aromatic rings. The van der Waals surface area contributed by atoms with E-state index < -0.39 is 9.84 Å². The largest absolute Gasteiger partial charge is 0.497 e. The highest BCUT2D eigenvalue weighted by Crippen LogP contribution is 2.41. The van der Waals surface area contributed by atoms with Crippen LogP contribution in [0.5, 0.6) is 5.75 Å². The van der Waals surface area contributed by atoms with Gasteiger partial charge in [0.1, 0.15) is 5.75 Å². The Kier molecular flexibility index (Phi) is 5.25. The smallest absolute Gasteiger partial charge is 0.253 e. The number of benzene rings is 2. The molecule has 0 saturated heterocycles. The first-order valence-electron chi connectivity index (χ1n) is 8.24. The SMILES string of the molecule is COc1ccc(C(NC(=O)c2cc(S(C)(=O)=O)ccc2Cl)C2CC2)cc1. The molecular formula is C19H20ClNO4S. The van der Waals surface area contributed by atoms with Gasteiger partial charge in [-0.1, -0.05) is 23.7 Å². The van der Waals surface area contributed by atoms with Crippen molar-refractivity contribution in [2.45, 2.75) is 23.8 Å². The molecular weight excluding hydrogens is 374 g/mol. The Balaban J connectivity index is 1.87. The highest BCUT2D eigenvalue weighted by atomic mass is 35.5. The number of halogens is 1. The topological polar surface area (TPSA) is 72.5 Å². The third kappa shape index (κ3) is 4.19. The molecule has 0 heterocycles. The molecule has 1 N–H and O–H groups in total. The van der Waals surface area contributed by atoms with E-state index >= 15 is 0 Å². The van der Waals surface area contributed by atoms with E-state index in [0.717, 1.165) is 30.4 Å². The minimum absolute atomic E-state index is 0.0690. The second kappa shape index (κ2) is 7.29. The number of hydrogen-bond donors (Lipinski definition) is 1. The second-order valence-corrected chi connectivity index (χ2v) is 8.90. The molecule has 1 aliphatic carbocycles. The molecule has 5 nitrogen and oxygen atoms in total. The third-order valence-electron chi connectivity index (χ3n) is 4.47. The van der Waals surface area contributed by atoms with Crippen molar-refractivity contribution in [2.24, 2.45) is 5.92 Å². The van der Waals surface area contributed by atoms with Gasteiger partial charge < -0.3 is 10.1 Å². The Morgan fingerprint density at radius 2 is 1.85 bits per heavy atom. The molecule has 1 unspecified atom stereocenters. The van der Waals surface area contributed by atoms with Gasteiger partial charge in [0, 0.05) is 6.26 Å². The summed E-state index contributed by atoms with van der Waals surface area (Å²) in [6.07, 6.45) is 3.17.